The van der Waals surface area contributed by atoms with Crippen LogP contribution in [0, 0.1) is 5.82 Å². The van der Waals surface area contributed by atoms with Gasteiger partial charge in [-0.3, -0.25) is 9.30 Å². The number of rotatable bonds is 1. The molecule has 0 aliphatic carbocycles. The Morgan fingerprint density at radius 3 is 2.65 bits per heavy atom. The minimum atomic E-state index is -1.10. The summed E-state index contributed by atoms with van der Waals surface area (Å²) in [6, 6.07) is 1.97. The van der Waals surface area contributed by atoms with Crippen molar-refractivity contribution in [3.05, 3.63) is 30.0 Å². The topological polar surface area (TPSA) is 100 Å². The van der Waals surface area contributed by atoms with Gasteiger partial charge in [-0.25, -0.2) is 14.0 Å². The molecule has 2 aromatic heterocycles. The van der Waals surface area contributed by atoms with Gasteiger partial charge < -0.3 is 14.7 Å². The number of hydrogen-bond acceptors (Lipinski definition) is 5. The summed E-state index contributed by atoms with van der Waals surface area (Å²) in [5, 5.41) is 17.3. The van der Waals surface area contributed by atoms with Crippen LogP contribution < -0.4 is 0 Å². The molecule has 10 heteroatoms. The number of fused-ring (bicyclic) bond motifs is 1. The van der Waals surface area contributed by atoms with Crippen molar-refractivity contribution in [3.63, 3.8) is 0 Å². The van der Waals surface area contributed by atoms with Gasteiger partial charge in [0.2, 0.25) is 0 Å². The number of piperazine rings is 1. The number of amides is 2. The summed E-state index contributed by atoms with van der Waals surface area (Å²) in [7, 11) is 0. The van der Waals surface area contributed by atoms with Crippen LogP contribution in [0.2, 0.25) is 0 Å². The quantitative estimate of drug-likeness (QED) is 0.831. The van der Waals surface area contributed by atoms with Gasteiger partial charge in [-0.15, -0.1) is 10.2 Å². The number of aromatic nitrogens is 3. The van der Waals surface area contributed by atoms with Crippen LogP contribution in [0.1, 0.15) is 32.6 Å². The maximum absolute atomic E-state index is 13.7. The van der Waals surface area contributed by atoms with Crippen LogP contribution in [0.3, 0.4) is 0 Å². The first-order valence-electron chi connectivity index (χ1n) is 8.13. The summed E-state index contributed by atoms with van der Waals surface area (Å²) < 4.78 is 20.5. The molecule has 2 amide bonds. The summed E-state index contributed by atoms with van der Waals surface area (Å²) in [4.78, 5) is 26.6. The predicted molar refractivity (Wildman–Crippen MR) is 88.2 cm³/mol. The number of hydrogen-bond donors (Lipinski definition) is 1. The fourth-order valence-corrected chi connectivity index (χ4v) is 2.83. The van der Waals surface area contributed by atoms with E-state index >= 15 is 0 Å². The Balaban J connectivity index is 1.99. The van der Waals surface area contributed by atoms with E-state index in [0.717, 1.165) is 0 Å². The molecule has 0 bridgehead atoms. The number of nitrogens with zero attached hydrogens (tertiary/aromatic N) is 5. The first kappa shape index (κ1) is 17.9. The fourth-order valence-electron chi connectivity index (χ4n) is 2.83. The van der Waals surface area contributed by atoms with Crippen molar-refractivity contribution in [2.24, 2.45) is 0 Å². The number of pyridine rings is 1. The van der Waals surface area contributed by atoms with E-state index in [1.54, 1.807) is 20.8 Å². The highest BCUT2D eigenvalue weighted by Crippen LogP contribution is 2.27. The van der Waals surface area contributed by atoms with Crippen molar-refractivity contribution in [1.82, 2.24) is 24.4 Å². The maximum atomic E-state index is 13.7. The largest absolute Gasteiger partial charge is 0.465 e. The monoisotopic (exact) mass is 365 g/mol. The Hall–Kier alpha value is -2.91. The van der Waals surface area contributed by atoms with Gasteiger partial charge in [-0.05, 0) is 32.9 Å². The molecule has 0 aromatic carbocycles. The Labute approximate surface area is 149 Å². The molecular weight excluding hydrogens is 345 g/mol. The van der Waals surface area contributed by atoms with Crippen molar-refractivity contribution < 1.29 is 23.8 Å². The highest BCUT2D eigenvalue weighted by molar-refractivity contribution is 5.70. The second kappa shape index (κ2) is 6.43. The minimum Gasteiger partial charge on any atom is -0.465 e. The zero-order valence-electron chi connectivity index (χ0n) is 14.7. The predicted octanol–water partition coefficient (Wildman–Crippen LogP) is 2.14. The summed E-state index contributed by atoms with van der Waals surface area (Å²) >= 11 is 0. The average Bonchev–Trinajstić information content (AvgIpc) is 2.95. The van der Waals surface area contributed by atoms with Gasteiger partial charge in [0.25, 0.3) is 0 Å². The highest BCUT2D eigenvalue weighted by atomic mass is 19.1. The van der Waals surface area contributed by atoms with E-state index in [0.29, 0.717) is 5.65 Å². The van der Waals surface area contributed by atoms with E-state index in [2.05, 4.69) is 10.2 Å². The SMILES string of the molecule is CC(C)(C)OC(=O)N1CCN(C(=O)O)CC1c1nnc2ccc(F)cn12. The summed E-state index contributed by atoms with van der Waals surface area (Å²) in [5.74, 6) is -0.218. The van der Waals surface area contributed by atoms with Gasteiger partial charge in [-0.1, -0.05) is 0 Å². The van der Waals surface area contributed by atoms with Gasteiger partial charge in [-0.2, -0.15) is 0 Å². The normalized spacial score (nSPS) is 18.2. The smallest absolute Gasteiger partial charge is 0.411 e. The second-order valence-electron chi connectivity index (χ2n) is 7.05. The molecule has 2 aromatic rings. The lowest BCUT2D eigenvalue weighted by atomic mass is 10.1. The molecule has 1 fully saturated rings. The maximum Gasteiger partial charge on any atom is 0.411 e. The van der Waals surface area contributed by atoms with Crippen molar-refractivity contribution in [3.8, 4) is 0 Å². The number of ether oxygens (including phenoxy) is 1. The molecule has 9 nitrogen and oxygen atoms in total. The second-order valence-corrected chi connectivity index (χ2v) is 7.05. The number of carbonyl (C=O) groups excluding carboxylic acids is 1. The van der Waals surface area contributed by atoms with E-state index < -0.39 is 29.6 Å². The molecule has 0 spiro atoms. The third kappa shape index (κ3) is 3.53. The van der Waals surface area contributed by atoms with E-state index in [9.17, 15) is 19.1 Å². The van der Waals surface area contributed by atoms with Crippen LogP contribution in [-0.2, 0) is 4.74 Å². The van der Waals surface area contributed by atoms with Gasteiger partial charge >= 0.3 is 12.2 Å². The summed E-state index contributed by atoms with van der Waals surface area (Å²) in [6.45, 7) is 5.51. The first-order chi connectivity index (χ1) is 12.2. The molecule has 1 atom stereocenters. The van der Waals surface area contributed by atoms with E-state index in [4.69, 9.17) is 4.74 Å². The number of halogens is 1. The molecule has 3 heterocycles. The summed E-state index contributed by atoms with van der Waals surface area (Å²) in [5.41, 5.74) is -0.303. The number of carboxylic acid groups (broad SMARTS) is 1. The van der Waals surface area contributed by atoms with Crippen molar-refractivity contribution >= 4 is 17.8 Å². The zero-order chi connectivity index (χ0) is 19.1. The lowest BCUT2D eigenvalue weighted by Gasteiger charge is -2.39. The van der Waals surface area contributed by atoms with Crippen molar-refractivity contribution in [2.45, 2.75) is 32.4 Å². The van der Waals surface area contributed by atoms with Gasteiger partial charge in [0, 0.05) is 19.3 Å². The molecule has 1 N–H and O–H groups in total. The standard InChI is InChI=1S/C16H20FN5O4/c1-16(2,3)26-15(25)21-7-6-20(14(23)24)9-11(21)13-19-18-12-5-4-10(17)8-22(12)13/h4-5,8,11H,6-7,9H2,1-3H3,(H,23,24). The van der Waals surface area contributed by atoms with Crippen LogP contribution in [0.4, 0.5) is 14.0 Å². The Morgan fingerprint density at radius 1 is 1.27 bits per heavy atom. The summed E-state index contributed by atoms with van der Waals surface area (Å²) in [6.07, 6.45) is -0.475. The van der Waals surface area contributed by atoms with Gasteiger partial charge in [0.05, 0.1) is 6.54 Å². The van der Waals surface area contributed by atoms with Crippen LogP contribution in [-0.4, -0.2) is 66.9 Å². The molecule has 1 unspecified atom stereocenters. The molecule has 0 radical (unpaired) electrons. The fraction of sp³-hybridized carbons (Fsp3) is 0.500. The van der Waals surface area contributed by atoms with Gasteiger partial charge in [0.1, 0.15) is 17.5 Å². The highest BCUT2D eigenvalue weighted by Gasteiger charge is 2.38. The third-order valence-electron chi connectivity index (χ3n) is 3.97. The van der Waals surface area contributed by atoms with Gasteiger partial charge in [0.15, 0.2) is 11.5 Å². The Kier molecular flexibility index (Phi) is 4.43. The molecule has 0 saturated carbocycles. The molecule has 26 heavy (non-hydrogen) atoms. The lowest BCUT2D eigenvalue weighted by molar-refractivity contribution is -0.00207. The van der Waals surface area contributed by atoms with Crippen LogP contribution in [0.5, 0.6) is 0 Å². The molecule has 1 saturated heterocycles. The van der Waals surface area contributed by atoms with Crippen molar-refractivity contribution in [2.75, 3.05) is 19.6 Å². The average molecular weight is 365 g/mol. The Bertz CT molecular complexity index is 847. The molecule has 1 aliphatic heterocycles. The first-order valence-corrected chi connectivity index (χ1v) is 8.13. The van der Waals surface area contributed by atoms with Crippen LogP contribution in [0.15, 0.2) is 18.3 Å². The van der Waals surface area contributed by atoms with E-state index in [1.807, 2.05) is 0 Å². The van der Waals surface area contributed by atoms with E-state index in [-0.39, 0.29) is 25.5 Å². The molecule has 140 valence electrons. The zero-order valence-corrected chi connectivity index (χ0v) is 14.7. The molecule has 1 aliphatic rings. The number of carbonyl (C=O) groups is 2. The lowest BCUT2D eigenvalue weighted by Crippen LogP contribution is -2.53. The molecule has 3 rings (SSSR count). The Morgan fingerprint density at radius 2 is 2.00 bits per heavy atom. The van der Waals surface area contributed by atoms with Crippen molar-refractivity contribution in [1.29, 1.82) is 0 Å². The minimum absolute atomic E-state index is 0.00805. The van der Waals surface area contributed by atoms with Crippen LogP contribution >= 0.6 is 0 Å². The van der Waals surface area contributed by atoms with Crippen LogP contribution in [0.25, 0.3) is 5.65 Å². The van der Waals surface area contributed by atoms with E-state index in [1.165, 1.54) is 32.5 Å². The molecular formula is C16H20FN5O4. The third-order valence-corrected chi connectivity index (χ3v) is 3.97.